The molecule has 0 aromatic rings. The standard InChI is InChI=1S/C13H24N2OS/c1-4-9(2)12-13(16)15(10(3)14-12)11-5-7-17-8-6-11/h9-12,14H,4-8H2,1-3H3. The Morgan fingerprint density at radius 1 is 1.47 bits per heavy atom. The van der Waals surface area contributed by atoms with Gasteiger partial charge in [0, 0.05) is 6.04 Å². The van der Waals surface area contributed by atoms with Crippen molar-refractivity contribution in [2.75, 3.05) is 11.5 Å². The van der Waals surface area contributed by atoms with Crippen LogP contribution in [0.4, 0.5) is 0 Å². The van der Waals surface area contributed by atoms with Gasteiger partial charge in [-0.3, -0.25) is 10.1 Å². The highest BCUT2D eigenvalue weighted by molar-refractivity contribution is 7.99. The summed E-state index contributed by atoms with van der Waals surface area (Å²) in [5.41, 5.74) is 0. The van der Waals surface area contributed by atoms with E-state index in [9.17, 15) is 4.79 Å². The summed E-state index contributed by atoms with van der Waals surface area (Å²) in [6.07, 6.45) is 3.60. The number of amides is 1. The van der Waals surface area contributed by atoms with Gasteiger partial charge in [0.25, 0.3) is 0 Å². The number of hydrogen-bond donors (Lipinski definition) is 1. The van der Waals surface area contributed by atoms with Gasteiger partial charge in [0.1, 0.15) is 0 Å². The maximum atomic E-state index is 12.5. The lowest BCUT2D eigenvalue weighted by atomic mass is 9.99. The van der Waals surface area contributed by atoms with Crippen molar-refractivity contribution in [3.05, 3.63) is 0 Å². The number of rotatable bonds is 3. The Bertz CT molecular complexity index is 279. The number of hydrogen-bond acceptors (Lipinski definition) is 3. The Kier molecular flexibility index (Phi) is 4.36. The lowest BCUT2D eigenvalue weighted by molar-refractivity contribution is -0.133. The van der Waals surface area contributed by atoms with Gasteiger partial charge >= 0.3 is 0 Å². The molecule has 0 spiro atoms. The van der Waals surface area contributed by atoms with Crippen LogP contribution in [0.25, 0.3) is 0 Å². The molecule has 2 saturated heterocycles. The van der Waals surface area contributed by atoms with Crippen molar-refractivity contribution in [3.8, 4) is 0 Å². The van der Waals surface area contributed by atoms with E-state index >= 15 is 0 Å². The van der Waals surface area contributed by atoms with E-state index < -0.39 is 0 Å². The highest BCUT2D eigenvalue weighted by Gasteiger charge is 2.42. The van der Waals surface area contributed by atoms with Crippen LogP contribution in [0.1, 0.15) is 40.0 Å². The third-order valence-electron chi connectivity index (χ3n) is 4.16. The molecule has 0 saturated carbocycles. The van der Waals surface area contributed by atoms with Crippen molar-refractivity contribution >= 4 is 17.7 Å². The number of nitrogens with zero attached hydrogens (tertiary/aromatic N) is 1. The normalized spacial score (nSPS) is 33.1. The van der Waals surface area contributed by atoms with Crippen molar-refractivity contribution in [2.24, 2.45) is 5.92 Å². The van der Waals surface area contributed by atoms with Crippen LogP contribution in [0.5, 0.6) is 0 Å². The van der Waals surface area contributed by atoms with Crippen LogP contribution >= 0.6 is 11.8 Å². The first kappa shape index (κ1) is 13.2. The van der Waals surface area contributed by atoms with Gasteiger partial charge < -0.3 is 4.90 Å². The molecule has 1 amide bonds. The molecule has 2 aliphatic heterocycles. The first-order valence-corrected chi connectivity index (χ1v) is 7.96. The van der Waals surface area contributed by atoms with Gasteiger partial charge in [-0.05, 0) is 37.2 Å². The van der Waals surface area contributed by atoms with Gasteiger partial charge in [0.05, 0.1) is 12.2 Å². The van der Waals surface area contributed by atoms with E-state index in [0.717, 1.165) is 19.3 Å². The molecule has 0 aromatic heterocycles. The average molecular weight is 256 g/mol. The molecule has 2 fully saturated rings. The minimum atomic E-state index is 0.0459. The van der Waals surface area contributed by atoms with Gasteiger partial charge in [-0.2, -0.15) is 11.8 Å². The average Bonchev–Trinajstić information content (AvgIpc) is 2.65. The molecular formula is C13H24N2OS. The molecule has 3 nitrogen and oxygen atoms in total. The van der Waals surface area contributed by atoms with Gasteiger partial charge in [0.2, 0.25) is 5.91 Å². The molecule has 3 atom stereocenters. The maximum Gasteiger partial charge on any atom is 0.241 e. The molecule has 0 bridgehead atoms. The highest BCUT2D eigenvalue weighted by atomic mass is 32.2. The Balaban J connectivity index is 2.05. The molecule has 0 aromatic carbocycles. The van der Waals surface area contributed by atoms with Crippen LogP contribution in [0.2, 0.25) is 0 Å². The zero-order valence-electron chi connectivity index (χ0n) is 11.1. The predicted molar refractivity (Wildman–Crippen MR) is 73.0 cm³/mol. The van der Waals surface area contributed by atoms with Crippen LogP contribution in [0.3, 0.4) is 0 Å². The summed E-state index contributed by atoms with van der Waals surface area (Å²) < 4.78 is 0. The number of nitrogens with one attached hydrogen (secondary N) is 1. The van der Waals surface area contributed by atoms with Gasteiger partial charge in [-0.1, -0.05) is 20.3 Å². The monoisotopic (exact) mass is 256 g/mol. The molecule has 98 valence electrons. The minimum Gasteiger partial charge on any atom is -0.323 e. The summed E-state index contributed by atoms with van der Waals surface area (Å²) in [7, 11) is 0. The largest absolute Gasteiger partial charge is 0.323 e. The van der Waals surface area contributed by atoms with Crippen LogP contribution in [0, 0.1) is 5.92 Å². The number of carbonyl (C=O) groups is 1. The Morgan fingerprint density at radius 3 is 2.71 bits per heavy atom. The van der Waals surface area contributed by atoms with Crippen molar-refractivity contribution in [2.45, 2.75) is 58.3 Å². The molecule has 1 N–H and O–H groups in total. The van der Waals surface area contributed by atoms with E-state index in [0.29, 0.717) is 17.9 Å². The van der Waals surface area contributed by atoms with Crippen molar-refractivity contribution < 1.29 is 4.79 Å². The van der Waals surface area contributed by atoms with E-state index in [1.807, 2.05) is 11.8 Å². The summed E-state index contributed by atoms with van der Waals surface area (Å²) in [4.78, 5) is 14.6. The quantitative estimate of drug-likeness (QED) is 0.839. The fraction of sp³-hybridized carbons (Fsp3) is 0.923. The molecule has 4 heteroatoms. The van der Waals surface area contributed by atoms with E-state index in [1.165, 1.54) is 11.5 Å². The molecule has 2 rings (SSSR count). The zero-order chi connectivity index (χ0) is 12.4. The molecule has 17 heavy (non-hydrogen) atoms. The van der Waals surface area contributed by atoms with Gasteiger partial charge in [-0.25, -0.2) is 0 Å². The lowest BCUT2D eigenvalue weighted by Gasteiger charge is -2.33. The van der Waals surface area contributed by atoms with E-state index in [4.69, 9.17) is 0 Å². The summed E-state index contributed by atoms with van der Waals surface area (Å²) >= 11 is 2.01. The van der Waals surface area contributed by atoms with Gasteiger partial charge in [-0.15, -0.1) is 0 Å². The maximum absolute atomic E-state index is 12.5. The Hall–Kier alpha value is -0.220. The Morgan fingerprint density at radius 2 is 2.12 bits per heavy atom. The smallest absolute Gasteiger partial charge is 0.241 e. The van der Waals surface area contributed by atoms with Crippen molar-refractivity contribution in [1.82, 2.24) is 10.2 Å². The molecule has 2 heterocycles. The second kappa shape index (κ2) is 5.61. The topological polar surface area (TPSA) is 32.3 Å². The zero-order valence-corrected chi connectivity index (χ0v) is 11.9. The second-order valence-corrected chi connectivity index (χ2v) is 6.52. The van der Waals surface area contributed by atoms with Crippen LogP contribution in [-0.4, -0.2) is 40.6 Å². The first-order chi connectivity index (χ1) is 8.15. The predicted octanol–water partition coefficient (Wildman–Crippen LogP) is 2.07. The minimum absolute atomic E-state index is 0.0459. The number of thioether (sulfide) groups is 1. The lowest BCUT2D eigenvalue weighted by Crippen LogP contribution is -2.44. The third kappa shape index (κ3) is 2.63. The summed E-state index contributed by atoms with van der Waals surface area (Å²) in [6.45, 7) is 6.45. The number of carbonyl (C=O) groups excluding carboxylic acids is 1. The van der Waals surface area contributed by atoms with Gasteiger partial charge in [0.15, 0.2) is 0 Å². The summed E-state index contributed by atoms with van der Waals surface area (Å²) in [5, 5.41) is 3.47. The van der Waals surface area contributed by atoms with Crippen LogP contribution < -0.4 is 5.32 Å². The fourth-order valence-corrected chi connectivity index (χ4v) is 3.95. The second-order valence-electron chi connectivity index (χ2n) is 5.29. The first-order valence-electron chi connectivity index (χ1n) is 6.81. The third-order valence-corrected chi connectivity index (χ3v) is 5.20. The molecule has 3 unspecified atom stereocenters. The molecule has 0 aliphatic carbocycles. The van der Waals surface area contributed by atoms with Crippen molar-refractivity contribution in [1.29, 1.82) is 0 Å². The summed E-state index contributed by atoms with van der Waals surface area (Å²) in [6, 6.07) is 0.518. The van der Waals surface area contributed by atoms with E-state index in [2.05, 4.69) is 31.0 Å². The molecule has 0 radical (unpaired) electrons. The fourth-order valence-electron chi connectivity index (χ4n) is 2.87. The van der Waals surface area contributed by atoms with Crippen LogP contribution in [-0.2, 0) is 4.79 Å². The molecular weight excluding hydrogens is 232 g/mol. The molecule has 2 aliphatic rings. The van der Waals surface area contributed by atoms with E-state index in [1.54, 1.807) is 0 Å². The van der Waals surface area contributed by atoms with E-state index in [-0.39, 0.29) is 12.2 Å². The Labute approximate surface area is 109 Å². The highest BCUT2D eigenvalue weighted by Crippen LogP contribution is 2.28. The summed E-state index contributed by atoms with van der Waals surface area (Å²) in [5.74, 6) is 3.18. The SMILES string of the molecule is CCC(C)C1NC(C)N(C2CCSCC2)C1=O. The van der Waals surface area contributed by atoms with Crippen LogP contribution in [0.15, 0.2) is 0 Å². The van der Waals surface area contributed by atoms with Crippen molar-refractivity contribution in [3.63, 3.8) is 0 Å².